The zero-order chi connectivity index (χ0) is 64.6. The van der Waals surface area contributed by atoms with Gasteiger partial charge in [-0.2, -0.15) is 0 Å². The van der Waals surface area contributed by atoms with Crippen LogP contribution in [0.2, 0.25) is 0 Å². The number of amides is 1. The molecule has 0 bridgehead atoms. The molecule has 1 aliphatic heterocycles. The van der Waals surface area contributed by atoms with Crippen LogP contribution >= 0.6 is 0 Å². The molecule has 0 saturated carbocycles. The molecule has 1 amide bonds. The first-order valence-electron chi connectivity index (χ1n) is 38.9. The summed E-state index contributed by atoms with van der Waals surface area (Å²) in [6.45, 7) is 3.50. The lowest BCUT2D eigenvalue weighted by Gasteiger charge is -2.40. The van der Waals surface area contributed by atoms with Gasteiger partial charge in [-0.1, -0.05) is 346 Å². The van der Waals surface area contributed by atoms with E-state index in [9.17, 15) is 40.5 Å². The summed E-state index contributed by atoms with van der Waals surface area (Å²) in [4.78, 5) is 13.3. The highest BCUT2D eigenvalue weighted by molar-refractivity contribution is 5.80. The largest absolute Gasteiger partial charge is 0.394 e. The Morgan fingerprint density at radius 1 is 0.382 bits per heavy atom. The van der Waals surface area contributed by atoms with Gasteiger partial charge in [0.05, 0.1) is 25.4 Å². The normalized spacial score (nSPS) is 18.7. The van der Waals surface area contributed by atoms with E-state index in [4.69, 9.17) is 9.47 Å². The Labute approximate surface area is 549 Å². The van der Waals surface area contributed by atoms with E-state index in [0.717, 1.165) is 38.5 Å². The highest BCUT2D eigenvalue weighted by Crippen LogP contribution is 2.24. The molecule has 8 N–H and O–H groups in total. The third kappa shape index (κ3) is 53.3. The minimum Gasteiger partial charge on any atom is -0.394 e. The zero-order valence-electron chi connectivity index (χ0n) is 58.4. The lowest BCUT2D eigenvalue weighted by Crippen LogP contribution is -2.60. The Hall–Kier alpha value is -1.67. The monoisotopic (exact) mass is 1260 g/mol. The van der Waals surface area contributed by atoms with Gasteiger partial charge in [-0.15, -0.1) is 0 Å². The van der Waals surface area contributed by atoms with Crippen LogP contribution in [0.25, 0.3) is 0 Å². The fourth-order valence-electron chi connectivity index (χ4n) is 12.7. The van der Waals surface area contributed by atoms with Crippen LogP contribution in [0.4, 0.5) is 0 Å². The zero-order valence-corrected chi connectivity index (χ0v) is 58.4. The van der Waals surface area contributed by atoms with Crippen molar-refractivity contribution < 1.29 is 50.0 Å². The summed E-state index contributed by atoms with van der Waals surface area (Å²) in [7, 11) is 0. The molecule has 9 atom stereocenters. The van der Waals surface area contributed by atoms with Crippen molar-refractivity contribution in [3.05, 3.63) is 36.5 Å². The van der Waals surface area contributed by atoms with Crippen molar-refractivity contribution >= 4 is 5.91 Å². The van der Waals surface area contributed by atoms with Crippen LogP contribution in [-0.4, -0.2) is 110 Å². The van der Waals surface area contributed by atoms with Crippen molar-refractivity contribution in [3.63, 3.8) is 0 Å². The third-order valence-electron chi connectivity index (χ3n) is 18.9. The highest BCUT2D eigenvalue weighted by Gasteiger charge is 2.44. The number of aliphatic hydroxyl groups excluding tert-OH is 7. The van der Waals surface area contributed by atoms with Gasteiger partial charge in [-0.05, 0) is 77.0 Å². The lowest BCUT2D eigenvalue weighted by molar-refractivity contribution is -0.303. The summed E-state index contributed by atoms with van der Waals surface area (Å²) in [5.41, 5.74) is 0. The Morgan fingerprint density at radius 3 is 1.00 bits per heavy atom. The maximum Gasteiger partial charge on any atom is 0.249 e. The number of hydrogen-bond acceptors (Lipinski definition) is 10. The van der Waals surface area contributed by atoms with Gasteiger partial charge in [0.15, 0.2) is 6.29 Å². The molecule has 11 nitrogen and oxygen atoms in total. The summed E-state index contributed by atoms with van der Waals surface area (Å²) in [5, 5.41) is 76.6. The van der Waals surface area contributed by atoms with Gasteiger partial charge in [-0.3, -0.25) is 4.79 Å². The molecule has 0 aliphatic carbocycles. The topological polar surface area (TPSA) is 189 Å². The highest BCUT2D eigenvalue weighted by atomic mass is 16.7. The predicted molar refractivity (Wildman–Crippen MR) is 376 cm³/mol. The summed E-state index contributed by atoms with van der Waals surface area (Å²) in [5.74, 6) is -0.704. The molecule has 11 heteroatoms. The van der Waals surface area contributed by atoms with Crippen LogP contribution < -0.4 is 5.32 Å². The number of rotatable bonds is 69. The predicted octanol–water partition coefficient (Wildman–Crippen LogP) is 19.7. The number of allylic oxidation sites excluding steroid dienone is 6. The van der Waals surface area contributed by atoms with Crippen LogP contribution in [0.15, 0.2) is 36.5 Å². The molecule has 1 heterocycles. The van der Waals surface area contributed by atoms with Crippen LogP contribution in [-0.2, 0) is 14.3 Å². The van der Waals surface area contributed by atoms with E-state index in [1.165, 1.54) is 302 Å². The second-order valence-corrected chi connectivity index (χ2v) is 27.4. The SMILES string of the molecule is CCCCCCCCCCCCCCCCCC/C=C\CCCCCCCCCCCCCCCCCCC(O)C(=O)NC(COC1OC(CO)C(O)C(O)C1O)C(O)C(O)CCC/C=C/CC/C=C/CCCCCCCCCCCCCCCCCCC. The van der Waals surface area contributed by atoms with Gasteiger partial charge in [0.2, 0.25) is 5.91 Å². The van der Waals surface area contributed by atoms with Crippen LogP contribution in [0.5, 0.6) is 0 Å². The first kappa shape index (κ1) is 85.3. The molecule has 0 spiro atoms. The van der Waals surface area contributed by atoms with Crippen LogP contribution in [0.3, 0.4) is 0 Å². The molecule has 1 fully saturated rings. The Morgan fingerprint density at radius 2 is 0.674 bits per heavy atom. The average molecular weight is 1260 g/mol. The van der Waals surface area contributed by atoms with E-state index in [2.05, 4.69) is 55.6 Å². The van der Waals surface area contributed by atoms with Crippen molar-refractivity contribution in [1.82, 2.24) is 5.32 Å². The molecular weight excluding hydrogens is 1110 g/mol. The van der Waals surface area contributed by atoms with Crippen molar-refractivity contribution in [2.45, 2.75) is 441 Å². The summed E-state index contributed by atoms with van der Waals surface area (Å²) in [6, 6.07) is -1.19. The average Bonchev–Trinajstić information content (AvgIpc) is 1.73. The number of nitrogens with one attached hydrogen (secondary N) is 1. The molecule has 0 aromatic heterocycles. The fourth-order valence-corrected chi connectivity index (χ4v) is 12.7. The number of carbonyl (C=O) groups excluding carboxylic acids is 1. The van der Waals surface area contributed by atoms with Gasteiger partial charge >= 0.3 is 0 Å². The molecule has 0 radical (unpaired) electrons. The van der Waals surface area contributed by atoms with Crippen molar-refractivity contribution in [2.24, 2.45) is 0 Å². The van der Waals surface area contributed by atoms with Crippen LogP contribution in [0.1, 0.15) is 386 Å². The Kier molecular flexibility index (Phi) is 63.6. The fraction of sp³-hybridized carbons (Fsp3) is 0.910. The van der Waals surface area contributed by atoms with E-state index in [1.807, 2.05) is 0 Å². The van der Waals surface area contributed by atoms with Crippen molar-refractivity contribution in [3.8, 4) is 0 Å². The molecule has 1 saturated heterocycles. The smallest absolute Gasteiger partial charge is 0.249 e. The van der Waals surface area contributed by atoms with Gasteiger partial charge in [0, 0.05) is 0 Å². The van der Waals surface area contributed by atoms with Gasteiger partial charge in [0.25, 0.3) is 0 Å². The van der Waals surface area contributed by atoms with Gasteiger partial charge < -0.3 is 50.5 Å². The molecule has 0 aromatic carbocycles. The minimum atomic E-state index is -1.67. The molecule has 1 rings (SSSR count). The Bertz CT molecular complexity index is 1540. The van der Waals surface area contributed by atoms with E-state index in [1.54, 1.807) is 0 Å². The summed E-state index contributed by atoms with van der Waals surface area (Å²) >= 11 is 0. The molecule has 89 heavy (non-hydrogen) atoms. The van der Waals surface area contributed by atoms with Gasteiger partial charge in [-0.25, -0.2) is 0 Å². The second kappa shape index (κ2) is 66.4. The number of hydrogen-bond donors (Lipinski definition) is 8. The van der Waals surface area contributed by atoms with Crippen LogP contribution in [0, 0.1) is 0 Å². The van der Waals surface area contributed by atoms with E-state index < -0.39 is 74.2 Å². The molecular formula is C78H149NO10. The number of aliphatic hydroxyl groups is 7. The summed E-state index contributed by atoms with van der Waals surface area (Å²) in [6.07, 6.45) is 75.5. The van der Waals surface area contributed by atoms with Gasteiger partial charge in [0.1, 0.15) is 36.6 Å². The summed E-state index contributed by atoms with van der Waals surface area (Å²) < 4.78 is 11.2. The Balaban J connectivity index is 2.16. The number of unbranched alkanes of at least 4 members (excludes halogenated alkanes) is 51. The number of ether oxygens (including phenoxy) is 2. The quantitative estimate of drug-likeness (QED) is 0.0215. The maximum atomic E-state index is 13.3. The minimum absolute atomic E-state index is 0.248. The molecule has 526 valence electrons. The van der Waals surface area contributed by atoms with E-state index >= 15 is 0 Å². The molecule has 1 aliphatic rings. The third-order valence-corrected chi connectivity index (χ3v) is 18.9. The van der Waals surface area contributed by atoms with E-state index in [-0.39, 0.29) is 12.8 Å². The first-order chi connectivity index (χ1) is 43.7. The standard InChI is InChI=1S/C78H149NO10/c1-3-5-7-9-11-13-15-17-19-21-23-25-27-29-31-32-33-34-35-36-37-38-39-40-42-44-46-48-50-52-54-56-58-60-62-64-66-71(82)77(87)79-69(68-88-78-76(86)75(85)74(84)72(67-80)89-78)73(83)70(81)65-63-61-59-57-55-53-51-49-47-45-43-41-30-28-26-24-22-20-18-16-14-12-10-8-6-4-2/h34-35,49,51,57,59,69-76,78,80-86H,3-33,36-48,50,52-56,58,60-68H2,1-2H3,(H,79,87)/b35-34-,51-49+,59-57+. The first-order valence-corrected chi connectivity index (χ1v) is 38.9. The molecule has 9 unspecified atom stereocenters. The number of carbonyl (C=O) groups is 1. The van der Waals surface area contributed by atoms with E-state index in [0.29, 0.717) is 19.3 Å². The van der Waals surface area contributed by atoms with Crippen molar-refractivity contribution in [2.75, 3.05) is 13.2 Å². The maximum absolute atomic E-state index is 13.3. The second-order valence-electron chi connectivity index (χ2n) is 27.4. The molecule has 0 aromatic rings. The van der Waals surface area contributed by atoms with Crippen molar-refractivity contribution in [1.29, 1.82) is 0 Å². The lowest BCUT2D eigenvalue weighted by atomic mass is 9.98.